The molecule has 2 rings (SSSR count). The number of carbonyl (C=O) groups excluding carboxylic acids is 1. The standard InChI is InChI=1S/C12H13N3O2/c1-17-12(16)9-15-7-6-14-11(15)8-10-2-4-13-5-3-10/h2-7H,8-9H2,1H3. The average Bonchev–Trinajstić information content (AvgIpc) is 2.78. The van der Waals surface area contributed by atoms with Crippen LogP contribution in [0.2, 0.25) is 0 Å². The number of hydrogen-bond donors (Lipinski definition) is 0. The SMILES string of the molecule is COC(=O)Cn1ccnc1Cc1ccncc1. The van der Waals surface area contributed by atoms with Gasteiger partial charge in [0.2, 0.25) is 0 Å². The Kier molecular flexibility index (Phi) is 3.49. The minimum atomic E-state index is -0.279. The van der Waals surface area contributed by atoms with E-state index in [-0.39, 0.29) is 12.5 Å². The molecular weight excluding hydrogens is 218 g/mol. The number of pyridine rings is 1. The molecule has 0 saturated carbocycles. The number of hydrogen-bond acceptors (Lipinski definition) is 4. The molecule has 0 aliphatic carbocycles. The van der Waals surface area contributed by atoms with Gasteiger partial charge in [0.15, 0.2) is 0 Å². The fraction of sp³-hybridized carbons (Fsp3) is 0.250. The predicted molar refractivity (Wildman–Crippen MR) is 61.3 cm³/mol. The van der Waals surface area contributed by atoms with E-state index < -0.39 is 0 Å². The van der Waals surface area contributed by atoms with E-state index in [2.05, 4.69) is 14.7 Å². The smallest absolute Gasteiger partial charge is 0.325 e. The van der Waals surface area contributed by atoms with Crippen LogP contribution in [0.25, 0.3) is 0 Å². The van der Waals surface area contributed by atoms with E-state index in [4.69, 9.17) is 0 Å². The van der Waals surface area contributed by atoms with Crippen molar-refractivity contribution in [3.8, 4) is 0 Å². The highest BCUT2D eigenvalue weighted by Crippen LogP contribution is 2.07. The van der Waals surface area contributed by atoms with Gasteiger partial charge in [-0.1, -0.05) is 0 Å². The van der Waals surface area contributed by atoms with Gasteiger partial charge in [-0.2, -0.15) is 0 Å². The molecule has 2 aromatic heterocycles. The third-order valence-corrected chi connectivity index (χ3v) is 2.44. The lowest BCUT2D eigenvalue weighted by atomic mass is 10.2. The van der Waals surface area contributed by atoms with E-state index >= 15 is 0 Å². The summed E-state index contributed by atoms with van der Waals surface area (Å²) in [4.78, 5) is 19.4. The van der Waals surface area contributed by atoms with Crippen molar-refractivity contribution in [1.29, 1.82) is 0 Å². The van der Waals surface area contributed by atoms with Gasteiger partial charge >= 0.3 is 5.97 Å². The molecule has 0 fully saturated rings. The highest BCUT2D eigenvalue weighted by atomic mass is 16.5. The molecule has 0 spiro atoms. The molecule has 0 aliphatic rings. The molecule has 2 aromatic rings. The highest BCUT2D eigenvalue weighted by Gasteiger charge is 2.08. The molecule has 0 radical (unpaired) electrons. The van der Waals surface area contributed by atoms with Gasteiger partial charge in [0, 0.05) is 31.2 Å². The lowest BCUT2D eigenvalue weighted by Crippen LogP contribution is -2.13. The number of methoxy groups -OCH3 is 1. The zero-order valence-electron chi connectivity index (χ0n) is 9.54. The second kappa shape index (κ2) is 5.25. The van der Waals surface area contributed by atoms with E-state index in [0.29, 0.717) is 6.42 Å². The van der Waals surface area contributed by atoms with Crippen molar-refractivity contribution in [2.45, 2.75) is 13.0 Å². The van der Waals surface area contributed by atoms with Gasteiger partial charge < -0.3 is 9.30 Å². The molecule has 0 atom stereocenters. The Labute approximate surface area is 99.1 Å². The van der Waals surface area contributed by atoms with Crippen molar-refractivity contribution in [2.75, 3.05) is 7.11 Å². The molecule has 0 aromatic carbocycles. The van der Waals surface area contributed by atoms with Crippen LogP contribution in [0.4, 0.5) is 0 Å². The second-order valence-corrected chi connectivity index (χ2v) is 3.58. The number of rotatable bonds is 4. The lowest BCUT2D eigenvalue weighted by Gasteiger charge is -2.06. The highest BCUT2D eigenvalue weighted by molar-refractivity contribution is 5.69. The Balaban J connectivity index is 2.12. The fourth-order valence-corrected chi connectivity index (χ4v) is 1.54. The van der Waals surface area contributed by atoms with Gasteiger partial charge in [0.1, 0.15) is 12.4 Å². The first-order valence-electron chi connectivity index (χ1n) is 5.25. The topological polar surface area (TPSA) is 57.0 Å². The van der Waals surface area contributed by atoms with Gasteiger partial charge in [0.25, 0.3) is 0 Å². The molecule has 2 heterocycles. The van der Waals surface area contributed by atoms with Crippen molar-refractivity contribution in [1.82, 2.24) is 14.5 Å². The summed E-state index contributed by atoms with van der Waals surface area (Å²) in [5.41, 5.74) is 1.11. The molecular formula is C12H13N3O2. The Hall–Kier alpha value is -2.17. The molecule has 0 saturated heterocycles. The van der Waals surface area contributed by atoms with Crippen LogP contribution in [0.15, 0.2) is 36.9 Å². The monoisotopic (exact) mass is 231 g/mol. The number of ether oxygens (including phenoxy) is 1. The normalized spacial score (nSPS) is 10.2. The number of esters is 1. The Morgan fingerprint density at radius 3 is 2.82 bits per heavy atom. The summed E-state index contributed by atoms with van der Waals surface area (Å²) in [7, 11) is 1.38. The predicted octanol–water partition coefficient (Wildman–Crippen LogP) is 1.04. The average molecular weight is 231 g/mol. The number of nitrogens with zero attached hydrogens (tertiary/aromatic N) is 3. The van der Waals surface area contributed by atoms with Gasteiger partial charge in [-0.15, -0.1) is 0 Å². The molecule has 17 heavy (non-hydrogen) atoms. The maximum Gasteiger partial charge on any atom is 0.325 e. The van der Waals surface area contributed by atoms with Crippen LogP contribution in [0.3, 0.4) is 0 Å². The van der Waals surface area contributed by atoms with Crippen LogP contribution in [-0.2, 0) is 22.5 Å². The maximum absolute atomic E-state index is 11.2. The largest absolute Gasteiger partial charge is 0.468 e. The van der Waals surface area contributed by atoms with Gasteiger partial charge in [-0.25, -0.2) is 4.98 Å². The van der Waals surface area contributed by atoms with Crippen LogP contribution in [0, 0.1) is 0 Å². The first-order chi connectivity index (χ1) is 8.29. The molecule has 88 valence electrons. The van der Waals surface area contributed by atoms with Crippen molar-refractivity contribution in [2.24, 2.45) is 0 Å². The summed E-state index contributed by atoms with van der Waals surface area (Å²) in [6, 6.07) is 3.86. The fourth-order valence-electron chi connectivity index (χ4n) is 1.54. The van der Waals surface area contributed by atoms with Crippen LogP contribution >= 0.6 is 0 Å². The van der Waals surface area contributed by atoms with Crippen LogP contribution in [0.1, 0.15) is 11.4 Å². The molecule has 0 unspecified atom stereocenters. The van der Waals surface area contributed by atoms with E-state index in [0.717, 1.165) is 11.4 Å². The van der Waals surface area contributed by atoms with Gasteiger partial charge in [-0.3, -0.25) is 9.78 Å². The van der Waals surface area contributed by atoms with Gasteiger partial charge in [0.05, 0.1) is 7.11 Å². The van der Waals surface area contributed by atoms with Crippen LogP contribution < -0.4 is 0 Å². The first kappa shape index (κ1) is 11.3. The van der Waals surface area contributed by atoms with Crippen molar-refractivity contribution in [3.63, 3.8) is 0 Å². The Morgan fingerprint density at radius 2 is 2.12 bits per heavy atom. The molecule has 0 aliphatic heterocycles. The van der Waals surface area contributed by atoms with Crippen molar-refractivity contribution >= 4 is 5.97 Å². The summed E-state index contributed by atoms with van der Waals surface area (Å²) >= 11 is 0. The third kappa shape index (κ3) is 2.90. The van der Waals surface area contributed by atoms with Crippen LogP contribution in [0.5, 0.6) is 0 Å². The quantitative estimate of drug-likeness (QED) is 0.738. The third-order valence-electron chi connectivity index (χ3n) is 2.44. The zero-order chi connectivity index (χ0) is 12.1. The Bertz CT molecular complexity index is 493. The summed E-state index contributed by atoms with van der Waals surface area (Å²) < 4.78 is 6.42. The summed E-state index contributed by atoms with van der Waals surface area (Å²) in [6.45, 7) is 0.191. The molecule has 5 heteroatoms. The molecule has 0 N–H and O–H groups in total. The number of imidazole rings is 1. The zero-order valence-corrected chi connectivity index (χ0v) is 9.54. The van der Waals surface area contributed by atoms with E-state index in [1.807, 2.05) is 12.1 Å². The molecule has 0 amide bonds. The lowest BCUT2D eigenvalue weighted by molar-refractivity contribution is -0.141. The summed E-state index contributed by atoms with van der Waals surface area (Å²) in [6.07, 6.45) is 7.60. The second-order valence-electron chi connectivity index (χ2n) is 3.58. The molecule has 5 nitrogen and oxygen atoms in total. The number of carbonyl (C=O) groups is 1. The molecule has 0 bridgehead atoms. The van der Waals surface area contributed by atoms with Crippen molar-refractivity contribution < 1.29 is 9.53 Å². The maximum atomic E-state index is 11.2. The summed E-state index contributed by atoms with van der Waals surface area (Å²) in [5.74, 6) is 0.556. The van der Waals surface area contributed by atoms with E-state index in [1.54, 1.807) is 29.4 Å². The Morgan fingerprint density at radius 1 is 1.35 bits per heavy atom. The van der Waals surface area contributed by atoms with Crippen LogP contribution in [-0.4, -0.2) is 27.6 Å². The minimum absolute atomic E-state index is 0.191. The minimum Gasteiger partial charge on any atom is -0.468 e. The first-order valence-corrected chi connectivity index (χ1v) is 5.25. The number of aromatic nitrogens is 3. The summed E-state index contributed by atoms with van der Waals surface area (Å²) in [5, 5.41) is 0. The van der Waals surface area contributed by atoms with Crippen molar-refractivity contribution in [3.05, 3.63) is 48.3 Å². The van der Waals surface area contributed by atoms with E-state index in [1.165, 1.54) is 7.11 Å². The van der Waals surface area contributed by atoms with Gasteiger partial charge in [-0.05, 0) is 17.7 Å². The van der Waals surface area contributed by atoms with E-state index in [9.17, 15) is 4.79 Å².